The van der Waals surface area contributed by atoms with Crippen LogP contribution >= 0.6 is 0 Å². The number of aromatic carboxylic acids is 1. The fourth-order valence-corrected chi connectivity index (χ4v) is 2.68. The van der Waals surface area contributed by atoms with Crippen LogP contribution in [0.15, 0.2) is 48.8 Å². The lowest BCUT2D eigenvalue weighted by atomic mass is 10.0. The van der Waals surface area contributed by atoms with Gasteiger partial charge in [-0.3, -0.25) is 9.78 Å². The van der Waals surface area contributed by atoms with Crippen LogP contribution in [0.3, 0.4) is 0 Å². The Morgan fingerprint density at radius 3 is 2.35 bits per heavy atom. The van der Waals surface area contributed by atoms with E-state index in [4.69, 9.17) is 5.11 Å². The van der Waals surface area contributed by atoms with E-state index in [0.29, 0.717) is 12.1 Å². The Kier molecular flexibility index (Phi) is 5.46. The third-order valence-electron chi connectivity index (χ3n) is 3.81. The third-order valence-corrected chi connectivity index (χ3v) is 3.81. The number of carboxylic acids is 1. The van der Waals surface area contributed by atoms with Crippen molar-refractivity contribution in [3.8, 4) is 0 Å². The largest absolute Gasteiger partial charge is 0.478 e. The quantitative estimate of drug-likeness (QED) is 0.887. The van der Waals surface area contributed by atoms with E-state index in [1.54, 1.807) is 29.4 Å². The molecule has 23 heavy (non-hydrogen) atoms. The number of carbonyl (C=O) groups is 2. The van der Waals surface area contributed by atoms with Gasteiger partial charge in [-0.1, -0.05) is 13.0 Å². The molecule has 0 radical (unpaired) electrons. The highest BCUT2D eigenvalue weighted by molar-refractivity contribution is 5.97. The van der Waals surface area contributed by atoms with Crippen molar-refractivity contribution < 1.29 is 14.7 Å². The van der Waals surface area contributed by atoms with Gasteiger partial charge in [-0.15, -0.1) is 0 Å². The van der Waals surface area contributed by atoms with Crippen LogP contribution < -0.4 is 0 Å². The first-order valence-electron chi connectivity index (χ1n) is 7.62. The van der Waals surface area contributed by atoms with Crippen LogP contribution in [0.4, 0.5) is 0 Å². The SMILES string of the molecule is CCC(c1ccncc1)N(CC)C(=O)c1cccc(C(=O)O)c1. The fraction of sp³-hybridized carbons (Fsp3) is 0.278. The molecule has 0 aliphatic rings. The Morgan fingerprint density at radius 1 is 1.13 bits per heavy atom. The van der Waals surface area contributed by atoms with Gasteiger partial charge in [-0.05, 0) is 49.2 Å². The van der Waals surface area contributed by atoms with E-state index in [0.717, 1.165) is 12.0 Å². The molecule has 2 aromatic rings. The van der Waals surface area contributed by atoms with Crippen molar-refractivity contribution in [1.82, 2.24) is 9.88 Å². The second-order valence-corrected chi connectivity index (χ2v) is 5.18. The Hall–Kier alpha value is -2.69. The molecule has 1 unspecified atom stereocenters. The van der Waals surface area contributed by atoms with Crippen LogP contribution in [-0.4, -0.2) is 33.4 Å². The third kappa shape index (κ3) is 3.74. The van der Waals surface area contributed by atoms with Gasteiger partial charge in [-0.2, -0.15) is 0 Å². The van der Waals surface area contributed by atoms with Crippen molar-refractivity contribution in [2.75, 3.05) is 6.54 Å². The Balaban J connectivity index is 2.34. The van der Waals surface area contributed by atoms with Crippen LogP contribution in [0.5, 0.6) is 0 Å². The number of hydrogen-bond acceptors (Lipinski definition) is 3. The Bertz CT molecular complexity index is 686. The van der Waals surface area contributed by atoms with Crippen LogP contribution in [-0.2, 0) is 0 Å². The van der Waals surface area contributed by atoms with Gasteiger partial charge in [0.2, 0.25) is 0 Å². The molecule has 5 heteroatoms. The summed E-state index contributed by atoms with van der Waals surface area (Å²) in [5.41, 5.74) is 1.52. The number of benzene rings is 1. The molecule has 0 spiro atoms. The lowest BCUT2D eigenvalue weighted by Crippen LogP contribution is -2.34. The summed E-state index contributed by atoms with van der Waals surface area (Å²) in [6, 6.07) is 9.88. The topological polar surface area (TPSA) is 70.5 Å². The molecule has 2 rings (SSSR count). The summed E-state index contributed by atoms with van der Waals surface area (Å²) in [7, 11) is 0. The van der Waals surface area contributed by atoms with Gasteiger partial charge in [0.1, 0.15) is 0 Å². The van der Waals surface area contributed by atoms with Gasteiger partial charge in [0.15, 0.2) is 0 Å². The fourth-order valence-electron chi connectivity index (χ4n) is 2.68. The van der Waals surface area contributed by atoms with Crippen molar-refractivity contribution in [1.29, 1.82) is 0 Å². The number of rotatable bonds is 6. The van der Waals surface area contributed by atoms with Gasteiger partial charge >= 0.3 is 5.97 Å². The van der Waals surface area contributed by atoms with Gasteiger partial charge < -0.3 is 10.0 Å². The minimum atomic E-state index is -1.04. The van der Waals surface area contributed by atoms with E-state index < -0.39 is 5.97 Å². The second-order valence-electron chi connectivity index (χ2n) is 5.18. The highest BCUT2D eigenvalue weighted by Crippen LogP contribution is 2.25. The summed E-state index contributed by atoms with van der Waals surface area (Å²) < 4.78 is 0. The number of amides is 1. The maximum Gasteiger partial charge on any atom is 0.335 e. The van der Waals surface area contributed by atoms with E-state index in [2.05, 4.69) is 4.98 Å². The molecule has 0 aliphatic heterocycles. The predicted octanol–water partition coefficient (Wildman–Crippen LogP) is 3.39. The van der Waals surface area contributed by atoms with Gasteiger partial charge in [0.05, 0.1) is 11.6 Å². The predicted molar refractivity (Wildman–Crippen MR) is 87.4 cm³/mol. The first kappa shape index (κ1) is 16.7. The molecule has 120 valence electrons. The van der Waals surface area contributed by atoms with Gasteiger partial charge in [0, 0.05) is 24.5 Å². The van der Waals surface area contributed by atoms with Crippen molar-refractivity contribution in [2.24, 2.45) is 0 Å². The molecule has 1 N–H and O–H groups in total. The smallest absolute Gasteiger partial charge is 0.335 e. The lowest BCUT2D eigenvalue weighted by molar-refractivity contribution is 0.0682. The van der Waals surface area contributed by atoms with E-state index in [1.807, 2.05) is 26.0 Å². The summed E-state index contributed by atoms with van der Waals surface area (Å²) >= 11 is 0. The molecule has 0 saturated heterocycles. The summed E-state index contributed by atoms with van der Waals surface area (Å²) in [6.45, 7) is 4.48. The number of carbonyl (C=O) groups excluding carboxylic acids is 1. The maximum atomic E-state index is 12.8. The molecule has 5 nitrogen and oxygen atoms in total. The van der Waals surface area contributed by atoms with Crippen molar-refractivity contribution >= 4 is 11.9 Å². The highest BCUT2D eigenvalue weighted by atomic mass is 16.4. The Labute approximate surface area is 135 Å². The van der Waals surface area contributed by atoms with Crippen LogP contribution in [0, 0.1) is 0 Å². The average Bonchev–Trinajstić information content (AvgIpc) is 2.59. The lowest BCUT2D eigenvalue weighted by Gasteiger charge is -2.30. The average molecular weight is 312 g/mol. The molecular weight excluding hydrogens is 292 g/mol. The number of pyridine rings is 1. The molecule has 1 aromatic heterocycles. The number of nitrogens with zero attached hydrogens (tertiary/aromatic N) is 2. The molecule has 0 saturated carbocycles. The normalized spacial score (nSPS) is 11.7. The van der Waals surface area contributed by atoms with Crippen LogP contribution in [0.2, 0.25) is 0 Å². The summed E-state index contributed by atoms with van der Waals surface area (Å²) in [6.07, 6.45) is 4.19. The zero-order valence-electron chi connectivity index (χ0n) is 13.3. The standard InChI is InChI=1S/C18H20N2O3/c1-3-16(13-8-10-19-11-9-13)20(4-2)17(21)14-6-5-7-15(12-14)18(22)23/h5-12,16H,3-4H2,1-2H3,(H,22,23). The number of hydrogen-bond donors (Lipinski definition) is 1. The van der Waals surface area contributed by atoms with Crippen molar-refractivity contribution in [3.05, 3.63) is 65.5 Å². The summed E-state index contributed by atoms with van der Waals surface area (Å²) in [5, 5.41) is 9.09. The number of carboxylic acid groups (broad SMARTS) is 1. The molecule has 1 amide bonds. The zero-order chi connectivity index (χ0) is 16.8. The molecule has 1 atom stereocenters. The minimum absolute atomic E-state index is 0.0658. The van der Waals surface area contributed by atoms with Gasteiger partial charge in [0.25, 0.3) is 5.91 Å². The van der Waals surface area contributed by atoms with E-state index in [1.165, 1.54) is 12.1 Å². The monoisotopic (exact) mass is 312 g/mol. The van der Waals surface area contributed by atoms with Crippen LogP contribution in [0.25, 0.3) is 0 Å². The zero-order valence-corrected chi connectivity index (χ0v) is 13.3. The molecule has 0 bridgehead atoms. The summed E-state index contributed by atoms with van der Waals surface area (Å²) in [4.78, 5) is 29.7. The van der Waals surface area contributed by atoms with E-state index in [9.17, 15) is 9.59 Å². The second kappa shape index (κ2) is 7.54. The minimum Gasteiger partial charge on any atom is -0.478 e. The van der Waals surface area contributed by atoms with Crippen LogP contribution in [0.1, 0.15) is 52.6 Å². The molecule has 0 aliphatic carbocycles. The Morgan fingerprint density at radius 2 is 1.78 bits per heavy atom. The molecular formula is C18H20N2O3. The first-order valence-corrected chi connectivity index (χ1v) is 7.62. The molecule has 1 heterocycles. The van der Waals surface area contributed by atoms with E-state index >= 15 is 0 Å². The van der Waals surface area contributed by atoms with Crippen molar-refractivity contribution in [2.45, 2.75) is 26.3 Å². The van der Waals surface area contributed by atoms with Gasteiger partial charge in [-0.25, -0.2) is 4.79 Å². The maximum absolute atomic E-state index is 12.8. The van der Waals surface area contributed by atoms with E-state index in [-0.39, 0.29) is 17.5 Å². The van der Waals surface area contributed by atoms with Crippen molar-refractivity contribution in [3.63, 3.8) is 0 Å². The summed E-state index contributed by atoms with van der Waals surface area (Å²) in [5.74, 6) is -1.21. The first-order chi connectivity index (χ1) is 11.1. The molecule has 0 fully saturated rings. The highest BCUT2D eigenvalue weighted by Gasteiger charge is 2.24. The molecule has 1 aromatic carbocycles. The number of aromatic nitrogens is 1.